The van der Waals surface area contributed by atoms with Gasteiger partial charge in [0.15, 0.2) is 0 Å². The highest BCUT2D eigenvalue weighted by molar-refractivity contribution is 5.91. The first-order chi connectivity index (χ1) is 13.8. The summed E-state index contributed by atoms with van der Waals surface area (Å²) < 4.78 is 2.52. The zero-order valence-electron chi connectivity index (χ0n) is 15.6. The molecule has 0 fully saturated rings. The third-order valence-electron chi connectivity index (χ3n) is 4.27. The van der Waals surface area contributed by atoms with Gasteiger partial charge in [-0.1, -0.05) is 18.2 Å². The lowest BCUT2D eigenvalue weighted by Crippen LogP contribution is -2.29. The van der Waals surface area contributed by atoms with Crippen LogP contribution < -0.4 is 10.9 Å². The summed E-state index contributed by atoms with van der Waals surface area (Å²) in [6.45, 7) is 3.04. The first kappa shape index (κ1) is 19.5. The molecule has 1 N–H and O–H groups in total. The maximum absolute atomic E-state index is 12.5. The van der Waals surface area contributed by atoms with Gasteiger partial charge in [-0.05, 0) is 26.0 Å². The molecule has 0 atom stereocenters. The highest BCUT2D eigenvalue weighted by Gasteiger charge is 2.18. The molecule has 0 saturated carbocycles. The zero-order valence-corrected chi connectivity index (χ0v) is 15.6. The molecule has 0 aliphatic rings. The van der Waals surface area contributed by atoms with Gasteiger partial charge < -0.3 is 5.32 Å². The molecular weight excluding hydrogens is 376 g/mol. The molecule has 0 spiro atoms. The summed E-state index contributed by atoms with van der Waals surface area (Å²) in [4.78, 5) is 35.0. The number of hydrogen-bond donors (Lipinski definition) is 1. The van der Waals surface area contributed by atoms with E-state index in [9.17, 15) is 19.7 Å². The summed E-state index contributed by atoms with van der Waals surface area (Å²) >= 11 is 0. The summed E-state index contributed by atoms with van der Waals surface area (Å²) in [7, 11) is 0. The monoisotopic (exact) mass is 392 g/mol. The SMILES string of the molecule is Cc1nn(-c2ccccc2)c(C)c1NC(=O)Cn1cc([N+](=O)[O-])cc(C#N)c1=O. The number of nitriles is 1. The van der Waals surface area contributed by atoms with E-state index < -0.39 is 34.2 Å². The van der Waals surface area contributed by atoms with E-state index in [1.54, 1.807) is 24.6 Å². The highest BCUT2D eigenvalue weighted by Crippen LogP contribution is 2.22. The third kappa shape index (κ3) is 3.89. The fourth-order valence-corrected chi connectivity index (χ4v) is 2.90. The molecule has 3 aromatic rings. The Bertz CT molecular complexity index is 1200. The lowest BCUT2D eigenvalue weighted by atomic mass is 10.2. The Morgan fingerprint density at radius 3 is 2.62 bits per heavy atom. The number of carbonyl (C=O) groups is 1. The molecule has 3 rings (SSSR count). The van der Waals surface area contributed by atoms with Crippen molar-refractivity contribution in [1.29, 1.82) is 5.26 Å². The van der Waals surface area contributed by atoms with Crippen LogP contribution in [0.4, 0.5) is 11.4 Å². The average molecular weight is 392 g/mol. The van der Waals surface area contributed by atoms with E-state index in [4.69, 9.17) is 5.26 Å². The number of anilines is 1. The van der Waals surface area contributed by atoms with Crippen molar-refractivity contribution >= 4 is 17.3 Å². The molecule has 2 aromatic heterocycles. The van der Waals surface area contributed by atoms with Gasteiger partial charge in [0.05, 0.1) is 33.9 Å². The molecule has 10 nitrogen and oxygen atoms in total. The number of nitrogens with zero attached hydrogens (tertiary/aromatic N) is 5. The van der Waals surface area contributed by atoms with Crippen LogP contribution in [0.1, 0.15) is 17.0 Å². The van der Waals surface area contributed by atoms with E-state index in [1.807, 2.05) is 30.3 Å². The number of hydrogen-bond acceptors (Lipinski definition) is 6. The topological polar surface area (TPSA) is 136 Å². The molecular formula is C19H16N6O4. The summed E-state index contributed by atoms with van der Waals surface area (Å²) in [6, 6.07) is 11.9. The predicted molar refractivity (Wildman–Crippen MR) is 104 cm³/mol. The fourth-order valence-electron chi connectivity index (χ4n) is 2.90. The van der Waals surface area contributed by atoms with Crippen LogP contribution >= 0.6 is 0 Å². The van der Waals surface area contributed by atoms with Gasteiger partial charge in [0.2, 0.25) is 5.91 Å². The number of aromatic nitrogens is 3. The van der Waals surface area contributed by atoms with Crippen LogP contribution in [0.15, 0.2) is 47.4 Å². The average Bonchev–Trinajstić information content (AvgIpc) is 2.98. The van der Waals surface area contributed by atoms with Crippen molar-refractivity contribution in [3.05, 3.63) is 80.0 Å². The molecule has 0 aliphatic heterocycles. The van der Waals surface area contributed by atoms with Crippen LogP contribution in [0.25, 0.3) is 5.69 Å². The van der Waals surface area contributed by atoms with Gasteiger partial charge in [-0.2, -0.15) is 10.4 Å². The highest BCUT2D eigenvalue weighted by atomic mass is 16.6. The van der Waals surface area contributed by atoms with Gasteiger partial charge >= 0.3 is 0 Å². The second kappa shape index (κ2) is 7.77. The second-order valence-corrected chi connectivity index (χ2v) is 6.26. The van der Waals surface area contributed by atoms with Gasteiger partial charge in [0.1, 0.15) is 18.2 Å². The molecule has 1 aromatic carbocycles. The molecule has 0 radical (unpaired) electrons. The molecule has 0 aliphatic carbocycles. The van der Waals surface area contributed by atoms with E-state index in [0.717, 1.165) is 22.5 Å². The number of rotatable bonds is 5. The Morgan fingerprint density at radius 1 is 1.31 bits per heavy atom. The lowest BCUT2D eigenvalue weighted by molar-refractivity contribution is -0.385. The van der Waals surface area contributed by atoms with Crippen molar-refractivity contribution in [1.82, 2.24) is 14.3 Å². The van der Waals surface area contributed by atoms with Crippen LogP contribution in [-0.2, 0) is 11.3 Å². The third-order valence-corrected chi connectivity index (χ3v) is 4.27. The zero-order chi connectivity index (χ0) is 21.1. The minimum atomic E-state index is -0.776. The van der Waals surface area contributed by atoms with Crippen molar-refractivity contribution in [3.63, 3.8) is 0 Å². The Labute approximate surface area is 164 Å². The lowest BCUT2D eigenvalue weighted by Gasteiger charge is -2.09. The second-order valence-electron chi connectivity index (χ2n) is 6.26. The van der Waals surface area contributed by atoms with Gasteiger partial charge in [-0.25, -0.2) is 4.68 Å². The maximum atomic E-state index is 12.5. The molecule has 146 valence electrons. The minimum Gasteiger partial charge on any atom is -0.321 e. The molecule has 10 heteroatoms. The number of benzene rings is 1. The van der Waals surface area contributed by atoms with E-state index in [2.05, 4.69) is 10.4 Å². The molecule has 1 amide bonds. The van der Waals surface area contributed by atoms with E-state index in [1.165, 1.54) is 0 Å². The van der Waals surface area contributed by atoms with Crippen LogP contribution in [0.3, 0.4) is 0 Å². The summed E-state index contributed by atoms with van der Waals surface area (Å²) in [6.07, 6.45) is 0.940. The minimum absolute atomic E-state index is 0.406. The smallest absolute Gasteiger partial charge is 0.287 e. The van der Waals surface area contributed by atoms with Gasteiger partial charge in [-0.15, -0.1) is 0 Å². The first-order valence-corrected chi connectivity index (χ1v) is 8.52. The van der Waals surface area contributed by atoms with E-state index in [-0.39, 0.29) is 0 Å². The Kier molecular flexibility index (Phi) is 5.23. The molecule has 0 unspecified atom stereocenters. The fraction of sp³-hybridized carbons (Fsp3) is 0.158. The molecule has 2 heterocycles. The number of amides is 1. The van der Waals surface area contributed by atoms with Crippen molar-refractivity contribution in [3.8, 4) is 11.8 Å². The Hall–Kier alpha value is -4.26. The van der Waals surface area contributed by atoms with Crippen LogP contribution in [-0.4, -0.2) is 25.2 Å². The Balaban J connectivity index is 1.89. The molecule has 0 saturated heterocycles. The van der Waals surface area contributed by atoms with E-state index in [0.29, 0.717) is 17.1 Å². The number of nitrogens with one attached hydrogen (secondary N) is 1. The number of para-hydroxylation sites is 1. The largest absolute Gasteiger partial charge is 0.321 e. The van der Waals surface area contributed by atoms with Crippen molar-refractivity contribution < 1.29 is 9.72 Å². The van der Waals surface area contributed by atoms with Crippen LogP contribution in [0.5, 0.6) is 0 Å². The van der Waals surface area contributed by atoms with E-state index >= 15 is 0 Å². The van der Waals surface area contributed by atoms with Crippen LogP contribution in [0, 0.1) is 35.3 Å². The number of carbonyl (C=O) groups excluding carboxylic acids is 1. The van der Waals surface area contributed by atoms with Gasteiger partial charge in [0, 0.05) is 6.07 Å². The Morgan fingerprint density at radius 2 is 2.00 bits per heavy atom. The van der Waals surface area contributed by atoms with Crippen LogP contribution in [0.2, 0.25) is 0 Å². The summed E-state index contributed by atoms with van der Waals surface area (Å²) in [5.41, 5.74) is 0.936. The molecule has 0 bridgehead atoms. The number of aryl methyl sites for hydroxylation is 1. The maximum Gasteiger partial charge on any atom is 0.287 e. The number of nitro groups is 1. The van der Waals surface area contributed by atoms with Gasteiger partial charge in [0.25, 0.3) is 11.2 Å². The summed E-state index contributed by atoms with van der Waals surface area (Å²) in [5.74, 6) is -0.574. The summed E-state index contributed by atoms with van der Waals surface area (Å²) in [5, 5.41) is 27.1. The normalized spacial score (nSPS) is 10.4. The first-order valence-electron chi connectivity index (χ1n) is 8.52. The van der Waals surface area contributed by atoms with Crippen molar-refractivity contribution in [2.24, 2.45) is 0 Å². The van der Waals surface area contributed by atoms with Crippen molar-refractivity contribution in [2.45, 2.75) is 20.4 Å². The molecule has 29 heavy (non-hydrogen) atoms. The standard InChI is InChI=1S/C19H16N6O4/c1-12-18(13(2)24(22-12)15-6-4-3-5-7-15)21-17(26)11-23-10-16(25(28)29)8-14(9-20)19(23)27/h3-8,10H,11H2,1-2H3,(H,21,26). The number of pyridine rings is 1. The van der Waals surface area contributed by atoms with Crippen molar-refractivity contribution in [2.75, 3.05) is 5.32 Å². The predicted octanol–water partition coefficient (Wildman–Crippen LogP) is 2.07. The quantitative estimate of drug-likeness (QED) is 0.521. The van der Waals surface area contributed by atoms with Gasteiger partial charge in [-0.3, -0.25) is 24.3 Å².